The van der Waals surface area contributed by atoms with Gasteiger partial charge in [-0.25, -0.2) is 13.9 Å². The molecule has 0 bridgehead atoms. The molecule has 200 valence electrons. The standard InChI is InChI=1S/C28H34N6O4/c1-7-19(6)29-25(36)20-9-10-21-23(13-20)34-27(32(26(21)37)14-16(2)3)31-33(28(34)38)15-24(35)30-22-11-8-17(4)12-18(22)5/h8-13,16,19H,7,14-15H2,1-6H3,(H,29,36)(H,30,35). The second-order valence-corrected chi connectivity index (χ2v) is 10.3. The van der Waals surface area contributed by atoms with E-state index in [0.717, 1.165) is 22.2 Å². The Labute approximate surface area is 220 Å². The molecule has 10 nitrogen and oxygen atoms in total. The number of fused-ring (bicyclic) bond motifs is 3. The van der Waals surface area contributed by atoms with Crippen LogP contribution in [-0.2, 0) is 17.9 Å². The van der Waals surface area contributed by atoms with Crippen molar-refractivity contribution >= 4 is 34.2 Å². The molecule has 1 atom stereocenters. The van der Waals surface area contributed by atoms with Crippen molar-refractivity contribution in [2.45, 2.75) is 67.1 Å². The molecule has 0 spiro atoms. The Hall–Kier alpha value is -4.21. The van der Waals surface area contributed by atoms with Crippen molar-refractivity contribution < 1.29 is 9.59 Å². The van der Waals surface area contributed by atoms with Crippen molar-refractivity contribution in [3.05, 3.63) is 73.9 Å². The first-order valence-corrected chi connectivity index (χ1v) is 12.8. The highest BCUT2D eigenvalue weighted by molar-refractivity contribution is 5.98. The normalized spacial score (nSPS) is 12.3. The van der Waals surface area contributed by atoms with E-state index >= 15 is 0 Å². The number of rotatable bonds is 8. The van der Waals surface area contributed by atoms with Crippen LogP contribution in [0.1, 0.15) is 55.6 Å². The molecule has 2 amide bonds. The maximum Gasteiger partial charge on any atom is 0.352 e. The number of aryl methyl sites for hydroxylation is 2. The minimum absolute atomic E-state index is 0.0293. The molecule has 2 aromatic carbocycles. The summed E-state index contributed by atoms with van der Waals surface area (Å²) in [5.74, 6) is -0.491. The van der Waals surface area contributed by atoms with Gasteiger partial charge in [-0.15, -0.1) is 5.10 Å². The molecule has 0 fully saturated rings. The van der Waals surface area contributed by atoms with Gasteiger partial charge in [0.2, 0.25) is 11.7 Å². The number of anilines is 1. The Kier molecular flexibility index (Phi) is 7.52. The molecule has 0 radical (unpaired) electrons. The molecule has 38 heavy (non-hydrogen) atoms. The van der Waals surface area contributed by atoms with Crippen molar-refractivity contribution in [3.63, 3.8) is 0 Å². The van der Waals surface area contributed by atoms with E-state index in [9.17, 15) is 19.2 Å². The Morgan fingerprint density at radius 2 is 1.76 bits per heavy atom. The molecule has 0 aliphatic rings. The fraction of sp³-hybridized carbons (Fsp3) is 0.393. The van der Waals surface area contributed by atoms with E-state index in [0.29, 0.717) is 23.2 Å². The van der Waals surface area contributed by atoms with Gasteiger partial charge in [-0.1, -0.05) is 38.5 Å². The van der Waals surface area contributed by atoms with Crippen LogP contribution in [0.4, 0.5) is 5.69 Å². The van der Waals surface area contributed by atoms with E-state index in [1.165, 1.54) is 15.0 Å². The van der Waals surface area contributed by atoms with Crippen LogP contribution in [0.3, 0.4) is 0 Å². The van der Waals surface area contributed by atoms with Crippen LogP contribution >= 0.6 is 0 Å². The van der Waals surface area contributed by atoms with Crippen LogP contribution in [-0.4, -0.2) is 36.6 Å². The van der Waals surface area contributed by atoms with E-state index in [-0.39, 0.29) is 41.3 Å². The Morgan fingerprint density at radius 3 is 2.42 bits per heavy atom. The van der Waals surface area contributed by atoms with Crippen LogP contribution in [0.25, 0.3) is 16.7 Å². The highest BCUT2D eigenvalue weighted by atomic mass is 16.2. The molecule has 4 aromatic rings. The summed E-state index contributed by atoms with van der Waals surface area (Å²) in [6.07, 6.45) is 0.764. The van der Waals surface area contributed by atoms with Gasteiger partial charge in [-0.05, 0) is 62.9 Å². The lowest BCUT2D eigenvalue weighted by molar-refractivity contribution is -0.117. The Bertz CT molecular complexity index is 1660. The number of nitrogens with zero attached hydrogens (tertiary/aromatic N) is 4. The Balaban J connectivity index is 1.83. The summed E-state index contributed by atoms with van der Waals surface area (Å²) >= 11 is 0. The van der Waals surface area contributed by atoms with Gasteiger partial charge in [0.1, 0.15) is 6.54 Å². The van der Waals surface area contributed by atoms with Crippen LogP contribution in [0.2, 0.25) is 0 Å². The molecule has 2 aromatic heterocycles. The lowest BCUT2D eigenvalue weighted by Gasteiger charge is -2.14. The predicted molar refractivity (Wildman–Crippen MR) is 148 cm³/mol. The number of hydrogen-bond acceptors (Lipinski definition) is 5. The van der Waals surface area contributed by atoms with Crippen molar-refractivity contribution in [3.8, 4) is 0 Å². The van der Waals surface area contributed by atoms with Crippen molar-refractivity contribution in [1.29, 1.82) is 0 Å². The fourth-order valence-corrected chi connectivity index (χ4v) is 4.38. The summed E-state index contributed by atoms with van der Waals surface area (Å²) in [4.78, 5) is 52.7. The summed E-state index contributed by atoms with van der Waals surface area (Å²) in [5, 5.41) is 10.4. The lowest BCUT2D eigenvalue weighted by atomic mass is 10.1. The molecule has 0 aliphatic carbocycles. The number of carbonyl (C=O) groups excluding carboxylic acids is 2. The molecule has 2 N–H and O–H groups in total. The van der Waals surface area contributed by atoms with E-state index in [1.54, 1.807) is 12.1 Å². The van der Waals surface area contributed by atoms with Crippen LogP contribution in [0.5, 0.6) is 0 Å². The highest BCUT2D eigenvalue weighted by Gasteiger charge is 2.21. The van der Waals surface area contributed by atoms with Crippen LogP contribution < -0.4 is 21.9 Å². The summed E-state index contributed by atoms with van der Waals surface area (Å²) in [5.41, 5.74) is 2.34. The number of carbonyl (C=O) groups is 2. The molecule has 0 saturated carbocycles. The topological polar surface area (TPSA) is 120 Å². The third kappa shape index (κ3) is 5.25. The third-order valence-electron chi connectivity index (χ3n) is 6.53. The van der Waals surface area contributed by atoms with Gasteiger partial charge in [0.25, 0.3) is 11.5 Å². The van der Waals surface area contributed by atoms with Crippen molar-refractivity contribution in [1.82, 2.24) is 24.1 Å². The van der Waals surface area contributed by atoms with Gasteiger partial charge in [-0.3, -0.25) is 19.0 Å². The van der Waals surface area contributed by atoms with Gasteiger partial charge >= 0.3 is 5.69 Å². The van der Waals surface area contributed by atoms with Crippen molar-refractivity contribution in [2.24, 2.45) is 5.92 Å². The minimum atomic E-state index is -0.572. The quantitative estimate of drug-likeness (QED) is 0.371. The number of nitrogens with one attached hydrogen (secondary N) is 2. The first kappa shape index (κ1) is 26.8. The second-order valence-electron chi connectivity index (χ2n) is 10.3. The third-order valence-corrected chi connectivity index (χ3v) is 6.53. The fourth-order valence-electron chi connectivity index (χ4n) is 4.38. The van der Waals surface area contributed by atoms with Gasteiger partial charge in [0.15, 0.2) is 0 Å². The number of amides is 2. The van der Waals surface area contributed by atoms with E-state index in [2.05, 4.69) is 15.7 Å². The maximum atomic E-state index is 13.6. The first-order valence-electron chi connectivity index (χ1n) is 12.8. The molecule has 0 saturated heterocycles. The van der Waals surface area contributed by atoms with Gasteiger partial charge in [-0.2, -0.15) is 0 Å². The molecule has 1 unspecified atom stereocenters. The lowest BCUT2D eigenvalue weighted by Crippen LogP contribution is -2.32. The zero-order chi connectivity index (χ0) is 27.7. The summed E-state index contributed by atoms with van der Waals surface area (Å²) in [6.45, 7) is 11.7. The number of hydrogen-bond donors (Lipinski definition) is 2. The van der Waals surface area contributed by atoms with Gasteiger partial charge in [0, 0.05) is 23.8 Å². The smallest absolute Gasteiger partial charge is 0.350 e. The summed E-state index contributed by atoms with van der Waals surface area (Å²) < 4.78 is 3.81. The van der Waals surface area contributed by atoms with Gasteiger partial charge < -0.3 is 10.6 Å². The molecule has 0 aliphatic heterocycles. The molecular weight excluding hydrogens is 484 g/mol. The monoisotopic (exact) mass is 518 g/mol. The van der Waals surface area contributed by atoms with Crippen LogP contribution in [0.15, 0.2) is 46.0 Å². The molecular formula is C28H34N6O4. The van der Waals surface area contributed by atoms with E-state index < -0.39 is 11.6 Å². The highest BCUT2D eigenvalue weighted by Crippen LogP contribution is 2.17. The average Bonchev–Trinajstić information content (AvgIpc) is 3.18. The zero-order valence-electron chi connectivity index (χ0n) is 22.7. The summed E-state index contributed by atoms with van der Waals surface area (Å²) in [7, 11) is 0. The average molecular weight is 519 g/mol. The van der Waals surface area contributed by atoms with E-state index in [4.69, 9.17) is 0 Å². The predicted octanol–water partition coefficient (Wildman–Crippen LogP) is 3.25. The molecule has 2 heterocycles. The zero-order valence-corrected chi connectivity index (χ0v) is 22.7. The van der Waals surface area contributed by atoms with E-state index in [1.807, 2.05) is 59.7 Å². The maximum absolute atomic E-state index is 13.6. The number of benzene rings is 2. The SMILES string of the molecule is CCC(C)NC(=O)c1ccc2c(=O)n(CC(C)C)c3nn(CC(=O)Nc4ccc(C)cc4C)c(=O)n3c2c1. The minimum Gasteiger partial charge on any atom is -0.350 e. The van der Waals surface area contributed by atoms with Gasteiger partial charge in [0.05, 0.1) is 10.9 Å². The first-order chi connectivity index (χ1) is 18.0. The summed E-state index contributed by atoms with van der Waals surface area (Å²) in [6, 6.07) is 10.3. The van der Waals surface area contributed by atoms with Crippen molar-refractivity contribution in [2.75, 3.05) is 5.32 Å². The largest absolute Gasteiger partial charge is 0.352 e. The molecule has 10 heteroatoms. The number of aromatic nitrogens is 4. The molecule has 4 rings (SSSR count). The van der Waals surface area contributed by atoms with Crippen LogP contribution in [0, 0.1) is 19.8 Å². The second kappa shape index (κ2) is 10.6. The Morgan fingerprint density at radius 1 is 1.03 bits per heavy atom.